The highest BCUT2D eigenvalue weighted by Gasteiger charge is 2.26. The summed E-state index contributed by atoms with van der Waals surface area (Å²) >= 11 is 0. The monoisotopic (exact) mass is 371 g/mol. The van der Waals surface area contributed by atoms with Crippen LogP contribution in [0.5, 0.6) is 0 Å². The van der Waals surface area contributed by atoms with Crippen LogP contribution in [0.3, 0.4) is 0 Å². The third-order valence-corrected chi connectivity index (χ3v) is 5.39. The Morgan fingerprint density at radius 2 is 2.04 bits per heavy atom. The van der Waals surface area contributed by atoms with E-state index in [0.717, 1.165) is 24.1 Å². The molecule has 1 atom stereocenters. The SMILES string of the molecule is O=C(Cn1cnc(C2CCC2)cc1=O)N1CCO[C@@H](c2ccc(F)cc2)C1. The fraction of sp³-hybridized carbons (Fsp3) is 0.450. The van der Waals surface area contributed by atoms with Gasteiger partial charge in [0.25, 0.3) is 5.56 Å². The van der Waals surface area contributed by atoms with Crippen molar-refractivity contribution in [3.63, 3.8) is 0 Å². The van der Waals surface area contributed by atoms with Crippen molar-refractivity contribution in [1.82, 2.24) is 14.5 Å². The summed E-state index contributed by atoms with van der Waals surface area (Å²) in [5, 5.41) is 0. The molecule has 2 fully saturated rings. The van der Waals surface area contributed by atoms with E-state index < -0.39 is 0 Å². The minimum atomic E-state index is -0.306. The van der Waals surface area contributed by atoms with Crippen LogP contribution in [0.25, 0.3) is 0 Å². The Morgan fingerprint density at radius 1 is 1.26 bits per heavy atom. The van der Waals surface area contributed by atoms with Crippen molar-refractivity contribution >= 4 is 5.91 Å². The minimum absolute atomic E-state index is 0.0348. The molecule has 1 aromatic carbocycles. The van der Waals surface area contributed by atoms with Crippen LogP contribution in [0.4, 0.5) is 4.39 Å². The average molecular weight is 371 g/mol. The van der Waals surface area contributed by atoms with E-state index in [2.05, 4.69) is 4.98 Å². The fourth-order valence-electron chi connectivity index (χ4n) is 3.49. The van der Waals surface area contributed by atoms with E-state index >= 15 is 0 Å². The highest BCUT2D eigenvalue weighted by Crippen LogP contribution is 2.34. The first-order chi connectivity index (χ1) is 13.1. The lowest BCUT2D eigenvalue weighted by atomic mass is 9.83. The summed E-state index contributed by atoms with van der Waals surface area (Å²) in [6.45, 7) is 1.22. The molecular weight excluding hydrogens is 349 g/mol. The fourth-order valence-corrected chi connectivity index (χ4v) is 3.49. The highest BCUT2D eigenvalue weighted by molar-refractivity contribution is 5.76. The molecule has 7 heteroatoms. The Hall–Kier alpha value is -2.54. The Labute approximate surface area is 156 Å². The molecule has 0 unspecified atom stereocenters. The second kappa shape index (κ2) is 7.60. The molecule has 1 aliphatic carbocycles. The van der Waals surface area contributed by atoms with Gasteiger partial charge in [-0.1, -0.05) is 18.6 Å². The summed E-state index contributed by atoms with van der Waals surface area (Å²) in [5.74, 6) is -0.0656. The second-order valence-corrected chi connectivity index (χ2v) is 7.16. The molecule has 1 saturated heterocycles. The molecular formula is C20H22FN3O3. The van der Waals surface area contributed by atoms with Gasteiger partial charge in [-0.3, -0.25) is 14.2 Å². The largest absolute Gasteiger partial charge is 0.370 e. The molecule has 0 N–H and O–H groups in total. The number of ether oxygens (including phenoxy) is 1. The summed E-state index contributed by atoms with van der Waals surface area (Å²) in [7, 11) is 0. The molecule has 0 radical (unpaired) electrons. The lowest BCUT2D eigenvalue weighted by Gasteiger charge is -2.33. The smallest absolute Gasteiger partial charge is 0.254 e. The van der Waals surface area contributed by atoms with E-state index in [1.165, 1.54) is 29.4 Å². The van der Waals surface area contributed by atoms with Gasteiger partial charge in [-0.15, -0.1) is 0 Å². The number of hydrogen-bond donors (Lipinski definition) is 0. The van der Waals surface area contributed by atoms with Crippen molar-refractivity contribution < 1.29 is 13.9 Å². The molecule has 2 aromatic rings. The van der Waals surface area contributed by atoms with Crippen molar-refractivity contribution in [1.29, 1.82) is 0 Å². The Kier molecular flexibility index (Phi) is 5.03. The number of amides is 1. The molecule has 0 bridgehead atoms. The molecule has 27 heavy (non-hydrogen) atoms. The number of rotatable bonds is 4. The minimum Gasteiger partial charge on any atom is -0.370 e. The van der Waals surface area contributed by atoms with Crippen LogP contribution in [0, 0.1) is 5.82 Å². The highest BCUT2D eigenvalue weighted by atomic mass is 19.1. The van der Waals surface area contributed by atoms with Gasteiger partial charge < -0.3 is 9.64 Å². The summed E-state index contributed by atoms with van der Waals surface area (Å²) < 4.78 is 20.2. The van der Waals surface area contributed by atoms with Gasteiger partial charge in [0.2, 0.25) is 5.91 Å². The molecule has 2 aliphatic rings. The first-order valence-electron chi connectivity index (χ1n) is 9.31. The topological polar surface area (TPSA) is 64.4 Å². The lowest BCUT2D eigenvalue weighted by Crippen LogP contribution is -2.44. The maximum absolute atomic E-state index is 13.1. The van der Waals surface area contributed by atoms with E-state index in [1.54, 1.807) is 23.1 Å². The van der Waals surface area contributed by atoms with E-state index in [1.807, 2.05) is 0 Å². The second-order valence-electron chi connectivity index (χ2n) is 7.16. The van der Waals surface area contributed by atoms with Crippen molar-refractivity contribution in [2.45, 2.75) is 37.8 Å². The molecule has 0 spiro atoms. The first-order valence-corrected chi connectivity index (χ1v) is 9.31. The zero-order valence-electron chi connectivity index (χ0n) is 15.0. The van der Waals surface area contributed by atoms with E-state index in [0.29, 0.717) is 25.6 Å². The number of aromatic nitrogens is 2. The Balaban J connectivity index is 1.41. The van der Waals surface area contributed by atoms with Crippen molar-refractivity contribution in [3.8, 4) is 0 Å². The summed E-state index contributed by atoms with van der Waals surface area (Å²) in [4.78, 5) is 31.0. The molecule has 4 rings (SSSR count). The summed E-state index contributed by atoms with van der Waals surface area (Å²) in [6.07, 6.45) is 4.52. The number of hydrogen-bond acceptors (Lipinski definition) is 4. The molecule has 1 saturated carbocycles. The summed E-state index contributed by atoms with van der Waals surface area (Å²) in [5.41, 5.74) is 1.47. The number of halogens is 1. The molecule has 6 nitrogen and oxygen atoms in total. The number of carbonyl (C=O) groups excluding carboxylic acids is 1. The normalized spacial score (nSPS) is 20.3. The average Bonchev–Trinajstić information content (AvgIpc) is 2.63. The number of carbonyl (C=O) groups is 1. The predicted molar refractivity (Wildman–Crippen MR) is 96.8 cm³/mol. The molecule has 1 aliphatic heterocycles. The number of nitrogens with zero attached hydrogens (tertiary/aromatic N) is 3. The van der Waals surface area contributed by atoms with Crippen LogP contribution in [-0.4, -0.2) is 40.1 Å². The number of benzene rings is 1. The molecule has 2 heterocycles. The zero-order valence-corrected chi connectivity index (χ0v) is 15.0. The van der Waals surface area contributed by atoms with Gasteiger partial charge in [-0.2, -0.15) is 0 Å². The zero-order chi connectivity index (χ0) is 18.8. The Bertz CT molecular complexity index is 877. The summed E-state index contributed by atoms with van der Waals surface area (Å²) in [6, 6.07) is 7.66. The number of morpholine rings is 1. The van der Waals surface area contributed by atoms with Gasteiger partial charge in [0.1, 0.15) is 18.5 Å². The van der Waals surface area contributed by atoms with Crippen LogP contribution < -0.4 is 5.56 Å². The lowest BCUT2D eigenvalue weighted by molar-refractivity contribution is -0.139. The van der Waals surface area contributed by atoms with Gasteiger partial charge in [-0.05, 0) is 30.5 Å². The third kappa shape index (κ3) is 3.93. The first kappa shape index (κ1) is 17.9. The van der Waals surface area contributed by atoms with Gasteiger partial charge in [0.15, 0.2) is 0 Å². The van der Waals surface area contributed by atoms with Crippen molar-refractivity contribution in [2.24, 2.45) is 0 Å². The van der Waals surface area contributed by atoms with Gasteiger partial charge in [0.05, 0.1) is 25.2 Å². The van der Waals surface area contributed by atoms with Crippen LogP contribution in [-0.2, 0) is 16.1 Å². The van der Waals surface area contributed by atoms with Crippen molar-refractivity contribution in [2.75, 3.05) is 19.7 Å². The van der Waals surface area contributed by atoms with Gasteiger partial charge in [-0.25, -0.2) is 9.37 Å². The maximum Gasteiger partial charge on any atom is 0.254 e. The quantitative estimate of drug-likeness (QED) is 0.827. The van der Waals surface area contributed by atoms with E-state index in [-0.39, 0.29) is 29.9 Å². The van der Waals surface area contributed by atoms with Crippen LogP contribution in [0.2, 0.25) is 0 Å². The predicted octanol–water partition coefficient (Wildman–Crippen LogP) is 2.25. The molecule has 142 valence electrons. The standard InChI is InChI=1S/C20H22FN3O3/c21-16-6-4-15(5-7-16)18-11-23(8-9-27-18)20(26)12-24-13-22-17(10-19(24)25)14-2-1-3-14/h4-7,10,13-14,18H,1-3,8-9,11-12H2/t18-/m1/s1. The van der Waals surface area contributed by atoms with Crippen molar-refractivity contribution in [3.05, 3.63) is 64.1 Å². The Morgan fingerprint density at radius 3 is 2.70 bits per heavy atom. The molecule has 1 aromatic heterocycles. The third-order valence-electron chi connectivity index (χ3n) is 5.39. The van der Waals surface area contributed by atoms with Crippen LogP contribution >= 0.6 is 0 Å². The van der Waals surface area contributed by atoms with E-state index in [4.69, 9.17) is 4.74 Å². The van der Waals surface area contributed by atoms with E-state index in [9.17, 15) is 14.0 Å². The molecule has 1 amide bonds. The van der Waals surface area contributed by atoms with Crippen LogP contribution in [0.1, 0.15) is 42.5 Å². The van der Waals surface area contributed by atoms with Crippen LogP contribution in [0.15, 0.2) is 41.5 Å². The maximum atomic E-state index is 13.1. The van der Waals surface area contributed by atoms with Gasteiger partial charge in [0, 0.05) is 18.5 Å². The van der Waals surface area contributed by atoms with Gasteiger partial charge >= 0.3 is 0 Å².